The van der Waals surface area contributed by atoms with Gasteiger partial charge in [-0.25, -0.2) is 4.98 Å². The maximum atomic E-state index is 12.5. The maximum absolute atomic E-state index is 12.5. The highest BCUT2D eigenvalue weighted by atomic mass is 32.1. The molecule has 0 spiro atoms. The summed E-state index contributed by atoms with van der Waals surface area (Å²) in [5.74, 6) is 0.360. The van der Waals surface area contributed by atoms with Gasteiger partial charge in [0.25, 0.3) is 11.8 Å². The van der Waals surface area contributed by atoms with Gasteiger partial charge in [-0.3, -0.25) is 20.4 Å². The van der Waals surface area contributed by atoms with Gasteiger partial charge in [-0.2, -0.15) is 0 Å². The number of hydrazine groups is 1. The van der Waals surface area contributed by atoms with Crippen molar-refractivity contribution < 1.29 is 14.3 Å². The molecular formula is C21H18N4O3S. The molecule has 29 heavy (non-hydrogen) atoms. The highest BCUT2D eigenvalue weighted by Crippen LogP contribution is 2.29. The summed E-state index contributed by atoms with van der Waals surface area (Å²) < 4.78 is 7.16. The molecule has 4 rings (SSSR count). The molecule has 0 radical (unpaired) electrons. The number of carbonyl (C=O) groups excluding carboxylic acids is 2. The standard InChI is InChI=1S/C21H18N4O3S/c1-25-15-9-5-4-8-14(15)22-19(25)17-11-12-18(29-17)21(27)24-23-20(26)13-7-3-6-10-16(13)28-2/h3-12H,1-2H3,(H,23,26)(H,24,27). The van der Waals surface area contributed by atoms with Crippen LogP contribution >= 0.6 is 11.3 Å². The van der Waals surface area contributed by atoms with Gasteiger partial charge in [0.1, 0.15) is 5.75 Å². The molecule has 0 saturated carbocycles. The van der Waals surface area contributed by atoms with E-state index in [9.17, 15) is 9.59 Å². The lowest BCUT2D eigenvalue weighted by atomic mass is 10.2. The van der Waals surface area contributed by atoms with E-state index < -0.39 is 11.8 Å². The predicted octanol–water partition coefficient (Wildman–Crippen LogP) is 3.39. The Kier molecular flexibility index (Phi) is 5.01. The van der Waals surface area contributed by atoms with Crippen molar-refractivity contribution in [3.8, 4) is 16.5 Å². The zero-order chi connectivity index (χ0) is 20.4. The molecule has 0 bridgehead atoms. The number of nitrogens with zero attached hydrogens (tertiary/aromatic N) is 2. The minimum Gasteiger partial charge on any atom is -0.496 e. The van der Waals surface area contributed by atoms with Gasteiger partial charge in [0, 0.05) is 7.05 Å². The van der Waals surface area contributed by atoms with Crippen LogP contribution in [0.5, 0.6) is 5.75 Å². The maximum Gasteiger partial charge on any atom is 0.279 e. The summed E-state index contributed by atoms with van der Waals surface area (Å²) in [5.41, 5.74) is 7.12. The zero-order valence-corrected chi connectivity index (χ0v) is 16.6. The van der Waals surface area contributed by atoms with Gasteiger partial charge in [-0.1, -0.05) is 24.3 Å². The van der Waals surface area contributed by atoms with Gasteiger partial charge in [0.15, 0.2) is 5.82 Å². The Bertz CT molecular complexity index is 1210. The Labute approximate surface area is 170 Å². The van der Waals surface area contributed by atoms with E-state index in [1.54, 1.807) is 30.3 Å². The fourth-order valence-electron chi connectivity index (χ4n) is 3.02. The lowest BCUT2D eigenvalue weighted by Gasteiger charge is -2.09. The molecule has 2 aromatic carbocycles. The molecular weight excluding hydrogens is 388 g/mol. The molecule has 2 amide bonds. The van der Waals surface area contributed by atoms with Crippen LogP contribution in [0.25, 0.3) is 21.7 Å². The normalized spacial score (nSPS) is 10.7. The molecule has 4 aromatic rings. The van der Waals surface area contributed by atoms with E-state index in [0.717, 1.165) is 21.7 Å². The average Bonchev–Trinajstić information content (AvgIpc) is 3.37. The van der Waals surface area contributed by atoms with Crippen LogP contribution in [0.3, 0.4) is 0 Å². The second-order valence-electron chi connectivity index (χ2n) is 6.26. The number of aryl methyl sites for hydroxylation is 1. The Balaban J connectivity index is 1.48. The van der Waals surface area contributed by atoms with Crippen molar-refractivity contribution in [2.75, 3.05) is 7.11 Å². The average molecular weight is 406 g/mol. The number of amides is 2. The number of rotatable bonds is 4. The number of methoxy groups -OCH3 is 1. The van der Waals surface area contributed by atoms with Gasteiger partial charge < -0.3 is 9.30 Å². The molecule has 2 aromatic heterocycles. The number of aromatic nitrogens is 2. The van der Waals surface area contributed by atoms with E-state index in [1.807, 2.05) is 41.9 Å². The molecule has 0 aliphatic rings. The third-order valence-electron chi connectivity index (χ3n) is 4.48. The summed E-state index contributed by atoms with van der Waals surface area (Å²) >= 11 is 1.31. The van der Waals surface area contributed by atoms with Crippen molar-refractivity contribution in [2.45, 2.75) is 0 Å². The summed E-state index contributed by atoms with van der Waals surface area (Å²) in [7, 11) is 3.43. The number of ether oxygens (including phenoxy) is 1. The molecule has 0 saturated heterocycles. The van der Waals surface area contributed by atoms with E-state index in [2.05, 4.69) is 15.8 Å². The molecule has 0 aliphatic carbocycles. The van der Waals surface area contributed by atoms with Crippen molar-refractivity contribution in [1.82, 2.24) is 20.4 Å². The Morgan fingerprint density at radius 1 is 0.966 bits per heavy atom. The molecule has 0 unspecified atom stereocenters. The first-order valence-electron chi connectivity index (χ1n) is 8.84. The minimum atomic E-state index is -0.456. The van der Waals surface area contributed by atoms with Crippen molar-refractivity contribution in [2.24, 2.45) is 7.05 Å². The third-order valence-corrected chi connectivity index (χ3v) is 5.56. The van der Waals surface area contributed by atoms with Crippen molar-refractivity contribution in [3.63, 3.8) is 0 Å². The van der Waals surface area contributed by atoms with Crippen LogP contribution in [0.1, 0.15) is 20.0 Å². The van der Waals surface area contributed by atoms with Crippen molar-refractivity contribution in [1.29, 1.82) is 0 Å². The van der Waals surface area contributed by atoms with E-state index in [4.69, 9.17) is 4.74 Å². The second-order valence-corrected chi connectivity index (χ2v) is 7.34. The molecule has 2 N–H and O–H groups in total. The third kappa shape index (κ3) is 3.57. The number of carbonyl (C=O) groups is 2. The molecule has 146 valence electrons. The monoisotopic (exact) mass is 406 g/mol. The lowest BCUT2D eigenvalue weighted by Crippen LogP contribution is -2.41. The van der Waals surface area contributed by atoms with Crippen LogP contribution in [0, 0.1) is 0 Å². The van der Waals surface area contributed by atoms with E-state index >= 15 is 0 Å². The second kappa shape index (κ2) is 7.76. The largest absolute Gasteiger partial charge is 0.496 e. The van der Waals surface area contributed by atoms with E-state index in [1.165, 1.54) is 18.4 Å². The van der Waals surface area contributed by atoms with Crippen LogP contribution in [-0.2, 0) is 7.05 Å². The number of fused-ring (bicyclic) bond motifs is 1. The first-order chi connectivity index (χ1) is 14.1. The number of para-hydroxylation sites is 3. The smallest absolute Gasteiger partial charge is 0.279 e. The molecule has 7 nitrogen and oxygen atoms in total. The minimum absolute atomic E-state index is 0.335. The topological polar surface area (TPSA) is 85.2 Å². The molecule has 0 fully saturated rings. The highest BCUT2D eigenvalue weighted by Gasteiger charge is 2.16. The van der Waals surface area contributed by atoms with Gasteiger partial charge in [0.05, 0.1) is 33.5 Å². The van der Waals surface area contributed by atoms with Crippen LogP contribution in [0.15, 0.2) is 60.7 Å². The van der Waals surface area contributed by atoms with Crippen LogP contribution < -0.4 is 15.6 Å². The predicted molar refractivity (Wildman–Crippen MR) is 112 cm³/mol. The van der Waals surface area contributed by atoms with Crippen LogP contribution in [0.2, 0.25) is 0 Å². The Morgan fingerprint density at radius 3 is 2.48 bits per heavy atom. The molecule has 0 aliphatic heterocycles. The quantitative estimate of drug-likeness (QED) is 0.509. The summed E-state index contributed by atoms with van der Waals surface area (Å²) in [6, 6.07) is 18.2. The fraction of sp³-hybridized carbons (Fsp3) is 0.0952. The van der Waals surface area contributed by atoms with Crippen molar-refractivity contribution in [3.05, 3.63) is 71.1 Å². The van der Waals surface area contributed by atoms with Crippen molar-refractivity contribution >= 4 is 34.2 Å². The van der Waals surface area contributed by atoms with E-state index in [-0.39, 0.29) is 0 Å². The first-order valence-corrected chi connectivity index (χ1v) is 9.65. The fourth-order valence-corrected chi connectivity index (χ4v) is 3.95. The summed E-state index contributed by atoms with van der Waals surface area (Å²) in [6.07, 6.45) is 0. The number of imidazole rings is 1. The number of benzene rings is 2. The van der Waals surface area contributed by atoms with Crippen LogP contribution in [-0.4, -0.2) is 28.5 Å². The molecule has 0 atom stereocenters. The summed E-state index contributed by atoms with van der Waals surface area (Å²) in [4.78, 5) is 30.8. The van der Waals surface area contributed by atoms with Gasteiger partial charge in [0.2, 0.25) is 0 Å². The number of thiophene rings is 1. The SMILES string of the molecule is COc1ccccc1C(=O)NNC(=O)c1ccc(-c2nc3ccccc3n2C)s1. The van der Waals surface area contributed by atoms with Gasteiger partial charge >= 0.3 is 0 Å². The zero-order valence-electron chi connectivity index (χ0n) is 15.8. The summed E-state index contributed by atoms with van der Waals surface area (Å²) in [6.45, 7) is 0. The first kappa shape index (κ1) is 18.7. The number of nitrogens with one attached hydrogen (secondary N) is 2. The molecule has 8 heteroatoms. The van der Waals surface area contributed by atoms with E-state index in [0.29, 0.717) is 16.2 Å². The Hall–Kier alpha value is -3.65. The lowest BCUT2D eigenvalue weighted by molar-refractivity contribution is 0.0847. The summed E-state index contributed by atoms with van der Waals surface area (Å²) in [5, 5.41) is 0. The Morgan fingerprint density at radius 2 is 1.69 bits per heavy atom. The van der Waals surface area contributed by atoms with Crippen LogP contribution in [0.4, 0.5) is 0 Å². The van der Waals surface area contributed by atoms with Gasteiger partial charge in [-0.05, 0) is 36.4 Å². The van der Waals surface area contributed by atoms with Gasteiger partial charge in [-0.15, -0.1) is 11.3 Å². The number of hydrogen-bond acceptors (Lipinski definition) is 5. The molecule has 2 heterocycles. The highest BCUT2D eigenvalue weighted by molar-refractivity contribution is 7.17. The number of hydrogen-bond donors (Lipinski definition) is 2.